The van der Waals surface area contributed by atoms with Crippen molar-refractivity contribution in [1.29, 1.82) is 0 Å². The maximum atomic E-state index is 11.0. The van der Waals surface area contributed by atoms with Crippen LogP contribution in [0, 0.1) is 12.8 Å². The Kier molecular flexibility index (Phi) is 8.35. The smallest absolute Gasteiger partial charge is 0.336 e. The summed E-state index contributed by atoms with van der Waals surface area (Å²) >= 11 is 0. The van der Waals surface area contributed by atoms with E-state index < -0.39 is 12.0 Å². The number of halogens is 1. The highest BCUT2D eigenvalue weighted by molar-refractivity contribution is 5.85. The number of carbonyl (C=O) groups is 1. The van der Waals surface area contributed by atoms with Crippen molar-refractivity contribution in [1.82, 2.24) is 0 Å². The molecular formula is C16H23ClN2O4. The number of aliphatic carboxylic acids is 1. The molecule has 6 nitrogen and oxygen atoms in total. The molecule has 1 aromatic heterocycles. The molecule has 23 heavy (non-hydrogen) atoms. The largest absolute Gasteiger partial charge is 0.480 e. The second kappa shape index (κ2) is 9.17. The Bertz CT molecular complexity index is 713. The fraction of sp³-hybridized carbons (Fsp3) is 0.375. The maximum Gasteiger partial charge on any atom is 0.336 e. The van der Waals surface area contributed by atoms with E-state index in [4.69, 9.17) is 21.0 Å². The number of benzene rings is 1. The molecule has 128 valence electrons. The summed E-state index contributed by atoms with van der Waals surface area (Å²) in [6.45, 7) is 5.76. The summed E-state index contributed by atoms with van der Waals surface area (Å²) in [5.41, 5.74) is 12.5. The topological polar surface area (TPSA) is 120 Å². The van der Waals surface area contributed by atoms with Crippen molar-refractivity contribution in [2.45, 2.75) is 33.2 Å². The summed E-state index contributed by atoms with van der Waals surface area (Å²) < 4.78 is 4.99. The van der Waals surface area contributed by atoms with Gasteiger partial charge < -0.3 is 21.0 Å². The number of carboxylic acid groups (broad SMARTS) is 1. The Hall–Kier alpha value is -2.05. The molecule has 1 unspecified atom stereocenters. The SMILES string of the molecule is CC(C)CC(N)C(=O)O.Cc1cc(=O)oc2cc(N)ccc12.Cl. The van der Waals surface area contributed by atoms with Crippen LogP contribution in [0.2, 0.25) is 0 Å². The van der Waals surface area contributed by atoms with Gasteiger partial charge in [0.15, 0.2) is 0 Å². The Morgan fingerprint density at radius 3 is 2.39 bits per heavy atom. The first kappa shape index (κ1) is 20.9. The van der Waals surface area contributed by atoms with Gasteiger partial charge in [0.2, 0.25) is 0 Å². The van der Waals surface area contributed by atoms with Crippen LogP contribution >= 0.6 is 12.4 Å². The molecule has 0 fully saturated rings. The second-order valence-corrected chi connectivity index (χ2v) is 5.58. The van der Waals surface area contributed by atoms with E-state index in [9.17, 15) is 9.59 Å². The minimum Gasteiger partial charge on any atom is -0.480 e. The lowest BCUT2D eigenvalue weighted by Crippen LogP contribution is -2.31. The van der Waals surface area contributed by atoms with Gasteiger partial charge in [0, 0.05) is 23.2 Å². The van der Waals surface area contributed by atoms with E-state index in [1.165, 1.54) is 6.07 Å². The van der Waals surface area contributed by atoms with E-state index in [1.54, 1.807) is 12.1 Å². The van der Waals surface area contributed by atoms with Gasteiger partial charge in [-0.2, -0.15) is 0 Å². The number of rotatable bonds is 3. The fourth-order valence-electron chi connectivity index (χ4n) is 1.95. The van der Waals surface area contributed by atoms with Crippen molar-refractivity contribution in [3.8, 4) is 0 Å². The van der Waals surface area contributed by atoms with Gasteiger partial charge in [-0.1, -0.05) is 13.8 Å². The average Bonchev–Trinajstić information content (AvgIpc) is 2.37. The molecule has 2 rings (SSSR count). The molecule has 0 saturated carbocycles. The van der Waals surface area contributed by atoms with E-state index in [2.05, 4.69) is 0 Å². The molecule has 0 aliphatic heterocycles. The van der Waals surface area contributed by atoms with Crippen LogP contribution in [0.5, 0.6) is 0 Å². The normalized spacial score (nSPS) is 11.3. The number of anilines is 1. The number of nitrogens with two attached hydrogens (primary N) is 2. The number of fused-ring (bicyclic) bond motifs is 1. The van der Waals surface area contributed by atoms with Crippen molar-refractivity contribution >= 4 is 35.0 Å². The molecule has 0 amide bonds. The summed E-state index contributed by atoms with van der Waals surface area (Å²) in [5, 5.41) is 9.23. The number of hydrogen-bond donors (Lipinski definition) is 3. The number of nitrogen functional groups attached to an aromatic ring is 1. The third kappa shape index (κ3) is 6.71. The fourth-order valence-corrected chi connectivity index (χ4v) is 1.95. The lowest BCUT2D eigenvalue weighted by atomic mass is 10.1. The van der Waals surface area contributed by atoms with Gasteiger partial charge in [-0.3, -0.25) is 4.79 Å². The lowest BCUT2D eigenvalue weighted by molar-refractivity contribution is -0.138. The maximum absolute atomic E-state index is 11.0. The van der Waals surface area contributed by atoms with Crippen LogP contribution in [0.15, 0.2) is 33.5 Å². The second-order valence-electron chi connectivity index (χ2n) is 5.58. The summed E-state index contributed by atoms with van der Waals surface area (Å²) in [6.07, 6.45) is 0.551. The van der Waals surface area contributed by atoms with Crippen molar-refractivity contribution in [2.75, 3.05) is 5.73 Å². The number of aryl methyl sites for hydroxylation is 1. The van der Waals surface area contributed by atoms with Crippen LogP contribution in [0.3, 0.4) is 0 Å². The third-order valence-corrected chi connectivity index (χ3v) is 3.02. The standard InChI is InChI=1S/C10H9NO2.C6H13NO2.ClH/c1-6-4-10(12)13-9-5-7(11)2-3-8(6)9;1-4(2)3-5(7)6(8)9;/h2-5H,11H2,1H3;4-5H,3,7H2,1-2H3,(H,8,9);1H. The van der Waals surface area contributed by atoms with Crippen LogP contribution < -0.4 is 17.1 Å². The molecule has 0 saturated heterocycles. The van der Waals surface area contributed by atoms with E-state index in [0.29, 0.717) is 23.6 Å². The Morgan fingerprint density at radius 1 is 1.30 bits per heavy atom. The van der Waals surface area contributed by atoms with Crippen molar-refractivity contribution in [3.05, 3.63) is 40.2 Å². The summed E-state index contributed by atoms with van der Waals surface area (Å²) in [4.78, 5) is 21.1. The van der Waals surface area contributed by atoms with Gasteiger partial charge in [0.1, 0.15) is 11.6 Å². The van der Waals surface area contributed by atoms with E-state index >= 15 is 0 Å². The molecule has 0 radical (unpaired) electrons. The van der Waals surface area contributed by atoms with Gasteiger partial charge in [-0.15, -0.1) is 12.4 Å². The Labute approximate surface area is 140 Å². The average molecular weight is 343 g/mol. The minimum absolute atomic E-state index is 0. The van der Waals surface area contributed by atoms with E-state index in [-0.39, 0.29) is 18.0 Å². The summed E-state index contributed by atoms with van der Waals surface area (Å²) in [5.74, 6) is -0.556. The van der Waals surface area contributed by atoms with Crippen LogP contribution in [-0.4, -0.2) is 17.1 Å². The lowest BCUT2D eigenvalue weighted by Gasteiger charge is -2.07. The highest BCUT2D eigenvalue weighted by atomic mass is 35.5. The first-order valence-electron chi connectivity index (χ1n) is 6.99. The van der Waals surface area contributed by atoms with E-state index in [0.717, 1.165) is 10.9 Å². The zero-order chi connectivity index (χ0) is 16.9. The molecular weight excluding hydrogens is 320 g/mol. The van der Waals surface area contributed by atoms with Crippen LogP contribution in [0.4, 0.5) is 5.69 Å². The first-order chi connectivity index (χ1) is 10.2. The summed E-state index contributed by atoms with van der Waals surface area (Å²) in [6, 6.07) is 6.07. The predicted molar refractivity (Wildman–Crippen MR) is 93.9 cm³/mol. The molecule has 1 atom stereocenters. The van der Waals surface area contributed by atoms with Crippen molar-refractivity contribution < 1.29 is 14.3 Å². The molecule has 0 bridgehead atoms. The molecule has 7 heteroatoms. The van der Waals surface area contributed by atoms with Gasteiger partial charge in [0.05, 0.1) is 0 Å². The molecule has 1 aromatic carbocycles. The third-order valence-electron chi connectivity index (χ3n) is 3.02. The van der Waals surface area contributed by atoms with Crippen LogP contribution in [0.1, 0.15) is 25.8 Å². The minimum atomic E-state index is -0.913. The zero-order valence-corrected chi connectivity index (χ0v) is 14.2. The van der Waals surface area contributed by atoms with Crippen molar-refractivity contribution in [2.24, 2.45) is 11.7 Å². The van der Waals surface area contributed by atoms with Crippen LogP contribution in [0.25, 0.3) is 11.0 Å². The van der Waals surface area contributed by atoms with Gasteiger partial charge in [0.25, 0.3) is 0 Å². The van der Waals surface area contributed by atoms with Crippen LogP contribution in [-0.2, 0) is 4.79 Å². The van der Waals surface area contributed by atoms with Gasteiger partial charge >= 0.3 is 11.6 Å². The molecule has 2 aromatic rings. The van der Waals surface area contributed by atoms with Gasteiger partial charge in [-0.25, -0.2) is 4.79 Å². The number of hydrogen-bond acceptors (Lipinski definition) is 5. The highest BCUT2D eigenvalue weighted by Gasteiger charge is 2.11. The Morgan fingerprint density at radius 2 is 1.91 bits per heavy atom. The number of carboxylic acids is 1. The summed E-state index contributed by atoms with van der Waals surface area (Å²) in [7, 11) is 0. The quantitative estimate of drug-likeness (QED) is 0.582. The van der Waals surface area contributed by atoms with Crippen molar-refractivity contribution in [3.63, 3.8) is 0 Å². The predicted octanol–water partition coefficient (Wildman–Crippen LogP) is 2.55. The molecule has 1 heterocycles. The van der Waals surface area contributed by atoms with Gasteiger partial charge in [-0.05, 0) is 37.0 Å². The molecule has 5 N–H and O–H groups in total. The molecule has 0 aliphatic carbocycles. The molecule has 0 spiro atoms. The first-order valence-corrected chi connectivity index (χ1v) is 6.99. The zero-order valence-electron chi connectivity index (χ0n) is 13.4. The Balaban J connectivity index is 0.000000434. The molecule has 0 aliphatic rings. The van der Waals surface area contributed by atoms with E-state index in [1.807, 2.05) is 26.8 Å². The highest BCUT2D eigenvalue weighted by Crippen LogP contribution is 2.18. The monoisotopic (exact) mass is 342 g/mol.